The molecule has 1 rings (SSSR count). The second-order valence-corrected chi connectivity index (χ2v) is 5.06. The van der Waals surface area contributed by atoms with Crippen LogP contribution in [0.1, 0.15) is 20.3 Å². The number of hydrogen-bond donors (Lipinski definition) is 2. The Morgan fingerprint density at radius 3 is 2.84 bits per heavy atom. The second kappa shape index (κ2) is 8.64. The summed E-state index contributed by atoms with van der Waals surface area (Å²) in [5.74, 6) is 1.78. The molecule has 0 amide bonds. The van der Waals surface area contributed by atoms with E-state index in [1.54, 1.807) is 6.07 Å². The summed E-state index contributed by atoms with van der Waals surface area (Å²) in [6.07, 6.45) is 1.04. The molecule has 0 radical (unpaired) electrons. The molecule has 0 bridgehead atoms. The van der Waals surface area contributed by atoms with E-state index in [4.69, 9.17) is 22.1 Å². The van der Waals surface area contributed by atoms with Crippen LogP contribution >= 0.6 is 11.6 Å². The van der Waals surface area contributed by atoms with Gasteiger partial charge in [-0.05, 0) is 24.5 Å². The number of nitrogens with one attached hydrogen (secondary N) is 1. The molecule has 1 aromatic rings. The zero-order chi connectivity index (χ0) is 14.1. The summed E-state index contributed by atoms with van der Waals surface area (Å²) in [5.41, 5.74) is 5.73. The van der Waals surface area contributed by atoms with Crippen LogP contribution in [0.25, 0.3) is 0 Å². The van der Waals surface area contributed by atoms with Crippen LogP contribution in [0.4, 0.5) is 0 Å². The summed E-state index contributed by atoms with van der Waals surface area (Å²) < 4.78 is 5.52. The minimum Gasteiger partial charge on any atom is -0.490 e. The smallest absolute Gasteiger partial charge is 0.188 e. The third-order valence-corrected chi connectivity index (χ3v) is 2.80. The molecule has 0 aliphatic rings. The van der Waals surface area contributed by atoms with Crippen molar-refractivity contribution >= 4 is 17.6 Å². The largest absolute Gasteiger partial charge is 0.490 e. The van der Waals surface area contributed by atoms with E-state index in [9.17, 15) is 0 Å². The zero-order valence-corrected chi connectivity index (χ0v) is 12.3. The van der Waals surface area contributed by atoms with Crippen LogP contribution in [-0.2, 0) is 0 Å². The molecular weight excluding hydrogens is 262 g/mol. The highest BCUT2D eigenvalue weighted by Gasteiger charge is 1.99. The number of nitrogens with zero attached hydrogens (tertiary/aromatic N) is 1. The summed E-state index contributed by atoms with van der Waals surface area (Å²) >= 11 is 5.97. The number of halogens is 1. The second-order valence-electron chi connectivity index (χ2n) is 4.66. The molecule has 3 N–H and O–H groups in total. The molecule has 0 spiro atoms. The van der Waals surface area contributed by atoms with Gasteiger partial charge in [0.15, 0.2) is 5.96 Å². The Balaban J connectivity index is 2.18. The van der Waals surface area contributed by atoms with Crippen molar-refractivity contribution in [3.8, 4) is 5.75 Å². The molecule has 0 aliphatic carbocycles. The molecule has 0 aliphatic heterocycles. The quantitative estimate of drug-likeness (QED) is 0.459. The van der Waals surface area contributed by atoms with Crippen LogP contribution < -0.4 is 15.8 Å². The number of ether oxygens (including phenoxy) is 1. The average molecular weight is 284 g/mol. The number of benzene rings is 1. The summed E-state index contributed by atoms with van der Waals surface area (Å²) in [6, 6.07) is 7.39. The van der Waals surface area contributed by atoms with Gasteiger partial charge in [-0.3, -0.25) is 4.99 Å². The number of hydrogen-bond acceptors (Lipinski definition) is 2. The van der Waals surface area contributed by atoms with E-state index in [1.165, 1.54) is 0 Å². The van der Waals surface area contributed by atoms with Gasteiger partial charge in [0.05, 0.1) is 11.6 Å². The molecule has 0 heterocycles. The molecule has 19 heavy (non-hydrogen) atoms. The fraction of sp³-hybridized carbons (Fsp3) is 0.500. The molecule has 0 fully saturated rings. The van der Waals surface area contributed by atoms with Crippen molar-refractivity contribution in [3.05, 3.63) is 29.3 Å². The monoisotopic (exact) mass is 283 g/mol. The Morgan fingerprint density at radius 2 is 2.16 bits per heavy atom. The van der Waals surface area contributed by atoms with Gasteiger partial charge in [-0.25, -0.2) is 0 Å². The number of rotatable bonds is 7. The highest BCUT2D eigenvalue weighted by molar-refractivity contribution is 6.32. The Hall–Kier alpha value is -1.42. The molecular formula is C14H22ClN3O. The molecule has 106 valence electrons. The third-order valence-electron chi connectivity index (χ3n) is 2.49. The first-order valence-electron chi connectivity index (χ1n) is 6.50. The van der Waals surface area contributed by atoms with Crippen molar-refractivity contribution in [1.29, 1.82) is 0 Å². The summed E-state index contributed by atoms with van der Waals surface area (Å²) in [6.45, 7) is 6.17. The summed E-state index contributed by atoms with van der Waals surface area (Å²) in [4.78, 5) is 4.23. The van der Waals surface area contributed by atoms with Crippen molar-refractivity contribution < 1.29 is 4.74 Å². The molecule has 5 heteroatoms. The van der Waals surface area contributed by atoms with Crippen molar-refractivity contribution in [3.63, 3.8) is 0 Å². The first-order chi connectivity index (χ1) is 9.09. The Kier molecular flexibility index (Phi) is 7.11. The van der Waals surface area contributed by atoms with E-state index < -0.39 is 0 Å². The highest BCUT2D eigenvalue weighted by Crippen LogP contribution is 2.22. The minimum absolute atomic E-state index is 0.461. The summed E-state index contributed by atoms with van der Waals surface area (Å²) in [7, 11) is 0. The number of guanidine groups is 1. The first kappa shape index (κ1) is 15.6. The maximum Gasteiger partial charge on any atom is 0.188 e. The molecule has 0 unspecified atom stereocenters. The van der Waals surface area contributed by atoms with Gasteiger partial charge >= 0.3 is 0 Å². The molecule has 1 aromatic carbocycles. The van der Waals surface area contributed by atoms with Crippen molar-refractivity contribution in [1.82, 2.24) is 5.32 Å². The van der Waals surface area contributed by atoms with Gasteiger partial charge in [0.2, 0.25) is 0 Å². The van der Waals surface area contributed by atoms with E-state index in [1.807, 2.05) is 18.2 Å². The topological polar surface area (TPSA) is 59.6 Å². The molecule has 0 atom stereocenters. The third kappa shape index (κ3) is 6.91. The van der Waals surface area contributed by atoms with Gasteiger partial charge in [0, 0.05) is 6.54 Å². The lowest BCUT2D eigenvalue weighted by Crippen LogP contribution is -2.34. The highest BCUT2D eigenvalue weighted by atomic mass is 35.5. The van der Waals surface area contributed by atoms with E-state index in [-0.39, 0.29) is 0 Å². The van der Waals surface area contributed by atoms with Crippen LogP contribution in [0.3, 0.4) is 0 Å². The van der Waals surface area contributed by atoms with Gasteiger partial charge in [-0.2, -0.15) is 0 Å². The van der Waals surface area contributed by atoms with Crippen molar-refractivity contribution in [2.45, 2.75) is 20.3 Å². The number of aliphatic imine (C=N–C) groups is 1. The average Bonchev–Trinajstić information content (AvgIpc) is 2.36. The lowest BCUT2D eigenvalue weighted by Gasteiger charge is -2.09. The van der Waals surface area contributed by atoms with Gasteiger partial charge in [-0.1, -0.05) is 37.6 Å². The molecule has 0 saturated heterocycles. The van der Waals surface area contributed by atoms with Crippen molar-refractivity contribution in [2.24, 2.45) is 16.6 Å². The van der Waals surface area contributed by atoms with Crippen molar-refractivity contribution in [2.75, 3.05) is 19.7 Å². The van der Waals surface area contributed by atoms with Gasteiger partial charge < -0.3 is 15.8 Å². The standard InChI is InChI=1S/C14H22ClN3O/c1-11(2)7-8-17-14(16)18-9-10-19-13-6-4-3-5-12(13)15/h3-6,11H,7-10H2,1-2H3,(H3,16,17,18). The Morgan fingerprint density at radius 1 is 1.42 bits per heavy atom. The predicted octanol–water partition coefficient (Wildman–Crippen LogP) is 2.67. The van der Waals surface area contributed by atoms with E-state index in [0.717, 1.165) is 13.0 Å². The maximum atomic E-state index is 5.97. The van der Waals surface area contributed by atoms with Crippen LogP contribution in [0, 0.1) is 5.92 Å². The zero-order valence-electron chi connectivity index (χ0n) is 11.5. The lowest BCUT2D eigenvalue weighted by atomic mass is 10.1. The van der Waals surface area contributed by atoms with E-state index in [2.05, 4.69) is 24.2 Å². The van der Waals surface area contributed by atoms with E-state index in [0.29, 0.717) is 35.8 Å². The molecule has 0 saturated carbocycles. The maximum absolute atomic E-state index is 5.97. The predicted molar refractivity (Wildman–Crippen MR) is 80.9 cm³/mol. The number of nitrogens with two attached hydrogens (primary N) is 1. The normalized spacial score (nSPS) is 11.7. The number of para-hydroxylation sites is 1. The first-order valence-corrected chi connectivity index (χ1v) is 6.88. The van der Waals surface area contributed by atoms with Crippen LogP contribution in [0.2, 0.25) is 5.02 Å². The van der Waals surface area contributed by atoms with Crippen LogP contribution in [-0.4, -0.2) is 25.7 Å². The minimum atomic E-state index is 0.461. The van der Waals surface area contributed by atoms with Gasteiger partial charge in [0.25, 0.3) is 0 Å². The van der Waals surface area contributed by atoms with Gasteiger partial charge in [-0.15, -0.1) is 0 Å². The summed E-state index contributed by atoms with van der Waals surface area (Å²) in [5, 5.41) is 3.62. The molecule has 4 nitrogen and oxygen atoms in total. The Bertz CT molecular complexity index is 407. The van der Waals surface area contributed by atoms with Gasteiger partial charge in [0.1, 0.15) is 12.4 Å². The van der Waals surface area contributed by atoms with E-state index >= 15 is 0 Å². The van der Waals surface area contributed by atoms with Crippen LogP contribution in [0.15, 0.2) is 29.3 Å². The fourth-order valence-electron chi connectivity index (χ4n) is 1.40. The SMILES string of the molecule is CC(C)CCN=C(N)NCCOc1ccccc1Cl. The Labute approximate surface area is 120 Å². The van der Waals surface area contributed by atoms with Crippen LogP contribution in [0.5, 0.6) is 5.75 Å². The lowest BCUT2D eigenvalue weighted by molar-refractivity contribution is 0.322. The molecule has 0 aromatic heterocycles. The fourth-order valence-corrected chi connectivity index (χ4v) is 1.59.